The second-order valence-electron chi connectivity index (χ2n) is 11.5. The van der Waals surface area contributed by atoms with Crippen molar-refractivity contribution in [1.29, 1.82) is 0 Å². The van der Waals surface area contributed by atoms with Crippen molar-refractivity contribution in [2.75, 3.05) is 50.5 Å². The lowest BCUT2D eigenvalue weighted by Crippen LogP contribution is -2.49. The molecule has 2 aromatic carbocycles. The zero-order valence-electron chi connectivity index (χ0n) is 23.9. The van der Waals surface area contributed by atoms with Crippen LogP contribution < -0.4 is 16.0 Å². The summed E-state index contributed by atoms with van der Waals surface area (Å²) in [7, 11) is 1.64. The number of nitrogens with one attached hydrogen (secondary N) is 1. The highest BCUT2D eigenvalue weighted by Gasteiger charge is 2.28. The number of ether oxygens (including phenoxy) is 2. The molecular formula is C31H36FN5O4. The average Bonchev–Trinajstić information content (AvgIpc) is 2.92. The predicted molar refractivity (Wildman–Crippen MR) is 156 cm³/mol. The summed E-state index contributed by atoms with van der Waals surface area (Å²) in [6.45, 7) is 8.71. The first-order valence-corrected chi connectivity index (χ1v) is 13.8. The molecule has 1 saturated heterocycles. The number of carbonyl (C=O) groups excluding carboxylic acids is 2. The largest absolute Gasteiger partial charge is 0.444 e. The van der Waals surface area contributed by atoms with Gasteiger partial charge in [-0.3, -0.25) is 4.79 Å². The molecule has 3 N–H and O–H groups in total. The van der Waals surface area contributed by atoms with Crippen LogP contribution in [-0.2, 0) is 15.9 Å². The van der Waals surface area contributed by atoms with E-state index in [0.29, 0.717) is 41.9 Å². The molecule has 0 radical (unpaired) electrons. The van der Waals surface area contributed by atoms with E-state index in [4.69, 9.17) is 15.2 Å². The standard InChI is InChI=1S/C31H36FN5O4/c1-31(2,3)41-30(39)36(4)18-22-16-21-15-20(7-10-24(21)29(38)34-22)26-17-25(27(32)35-28(26)33)19-5-8-23(9-6-19)37-11-13-40-14-12-37/h5-10,15,17,22H,11-14,16,18H2,1-4H3,(H2,33,35)(H,34,38). The Hall–Kier alpha value is -4.18. The molecule has 3 heterocycles. The third-order valence-electron chi connectivity index (χ3n) is 7.22. The topological polar surface area (TPSA) is 110 Å². The number of nitrogens with two attached hydrogens (primary N) is 1. The first kappa shape index (κ1) is 28.4. The van der Waals surface area contributed by atoms with Crippen LogP contribution in [0.25, 0.3) is 22.3 Å². The number of pyridine rings is 1. The maximum atomic E-state index is 15.0. The van der Waals surface area contributed by atoms with Gasteiger partial charge in [0.25, 0.3) is 5.91 Å². The van der Waals surface area contributed by atoms with Gasteiger partial charge in [-0.1, -0.05) is 24.3 Å². The molecule has 1 unspecified atom stereocenters. The number of anilines is 2. The molecule has 0 saturated carbocycles. The minimum absolute atomic E-state index is 0.0672. The van der Waals surface area contributed by atoms with E-state index in [9.17, 15) is 9.59 Å². The molecule has 0 bridgehead atoms. The fraction of sp³-hybridized carbons (Fsp3) is 0.387. The molecule has 1 aromatic heterocycles. The molecule has 3 aromatic rings. The van der Waals surface area contributed by atoms with E-state index in [-0.39, 0.29) is 24.3 Å². The van der Waals surface area contributed by atoms with E-state index in [1.54, 1.807) is 46.0 Å². The van der Waals surface area contributed by atoms with Crippen LogP contribution in [0.3, 0.4) is 0 Å². The molecule has 0 spiro atoms. The summed E-state index contributed by atoms with van der Waals surface area (Å²) >= 11 is 0. The second kappa shape index (κ2) is 11.4. The fourth-order valence-electron chi connectivity index (χ4n) is 5.20. The quantitative estimate of drug-likeness (QED) is 0.442. The summed E-state index contributed by atoms with van der Waals surface area (Å²) in [6, 6.07) is 14.6. The number of nitrogens with zero attached hydrogens (tertiary/aromatic N) is 3. The van der Waals surface area contributed by atoms with Gasteiger partial charge in [0, 0.05) is 49.1 Å². The van der Waals surface area contributed by atoms with E-state index in [1.165, 1.54) is 4.90 Å². The van der Waals surface area contributed by atoms with Gasteiger partial charge in [0.2, 0.25) is 5.95 Å². The number of benzene rings is 2. The van der Waals surface area contributed by atoms with Crippen LogP contribution in [0.4, 0.5) is 20.7 Å². The molecule has 1 fully saturated rings. The van der Waals surface area contributed by atoms with E-state index < -0.39 is 17.6 Å². The first-order valence-electron chi connectivity index (χ1n) is 13.8. The van der Waals surface area contributed by atoms with Crippen LogP contribution in [0.2, 0.25) is 0 Å². The van der Waals surface area contributed by atoms with Crippen LogP contribution in [0.1, 0.15) is 36.7 Å². The number of morpholine rings is 1. The SMILES string of the molecule is CN(CC1Cc2cc(-c3cc(-c4ccc(N5CCOCC5)cc4)c(F)nc3N)ccc2C(=O)N1)C(=O)OC(C)(C)C. The zero-order valence-corrected chi connectivity index (χ0v) is 23.9. The highest BCUT2D eigenvalue weighted by molar-refractivity contribution is 5.98. The molecule has 2 aliphatic rings. The van der Waals surface area contributed by atoms with Gasteiger partial charge in [-0.15, -0.1) is 0 Å². The van der Waals surface area contributed by atoms with Gasteiger partial charge in [-0.2, -0.15) is 4.39 Å². The monoisotopic (exact) mass is 561 g/mol. The summed E-state index contributed by atoms with van der Waals surface area (Å²) in [4.78, 5) is 33.0. The first-order chi connectivity index (χ1) is 19.5. The Morgan fingerprint density at radius 2 is 1.78 bits per heavy atom. The Labute approximate surface area is 239 Å². The van der Waals surface area contributed by atoms with Crippen molar-refractivity contribution in [3.8, 4) is 22.3 Å². The van der Waals surface area contributed by atoms with Gasteiger partial charge < -0.3 is 30.3 Å². The van der Waals surface area contributed by atoms with E-state index in [2.05, 4.69) is 15.2 Å². The van der Waals surface area contributed by atoms with E-state index in [1.807, 2.05) is 30.3 Å². The van der Waals surface area contributed by atoms with Crippen LogP contribution in [0, 0.1) is 5.95 Å². The Bertz CT molecular complexity index is 1450. The van der Waals surface area contributed by atoms with Crippen molar-refractivity contribution in [1.82, 2.24) is 15.2 Å². The van der Waals surface area contributed by atoms with Crippen LogP contribution in [-0.4, -0.2) is 73.4 Å². The molecule has 0 aliphatic carbocycles. The number of fused-ring (bicyclic) bond motifs is 1. The summed E-state index contributed by atoms with van der Waals surface area (Å²) in [6.07, 6.45) is 0.0499. The average molecular weight is 562 g/mol. The Morgan fingerprint density at radius 1 is 1.10 bits per heavy atom. The van der Waals surface area contributed by atoms with Gasteiger partial charge in [-0.25, -0.2) is 9.78 Å². The van der Waals surface area contributed by atoms with Crippen molar-refractivity contribution in [2.24, 2.45) is 0 Å². The minimum atomic E-state index is -0.645. The van der Waals surface area contributed by atoms with E-state index >= 15 is 4.39 Å². The number of hydrogen-bond donors (Lipinski definition) is 2. The second-order valence-corrected chi connectivity index (χ2v) is 11.5. The van der Waals surface area contributed by atoms with Gasteiger partial charge in [0.15, 0.2) is 0 Å². The Kier molecular flexibility index (Phi) is 7.86. The van der Waals surface area contributed by atoms with Crippen molar-refractivity contribution in [3.63, 3.8) is 0 Å². The van der Waals surface area contributed by atoms with Crippen molar-refractivity contribution in [2.45, 2.75) is 38.8 Å². The number of nitrogen functional groups attached to an aromatic ring is 1. The number of carbonyl (C=O) groups is 2. The molecule has 9 nitrogen and oxygen atoms in total. The molecule has 216 valence electrons. The number of aromatic nitrogens is 1. The smallest absolute Gasteiger partial charge is 0.410 e. The van der Waals surface area contributed by atoms with Crippen molar-refractivity contribution >= 4 is 23.5 Å². The molecule has 5 rings (SSSR count). The molecule has 1 atom stereocenters. The third-order valence-corrected chi connectivity index (χ3v) is 7.22. The zero-order chi connectivity index (χ0) is 29.3. The lowest BCUT2D eigenvalue weighted by atomic mass is 9.91. The Morgan fingerprint density at radius 3 is 2.46 bits per heavy atom. The fourth-order valence-corrected chi connectivity index (χ4v) is 5.20. The molecule has 2 aliphatic heterocycles. The number of amides is 2. The summed E-state index contributed by atoms with van der Waals surface area (Å²) in [5.41, 5.74) is 10.3. The van der Waals surface area contributed by atoms with Crippen LogP contribution in [0.15, 0.2) is 48.5 Å². The summed E-state index contributed by atoms with van der Waals surface area (Å²) < 4.78 is 25.9. The van der Waals surface area contributed by atoms with Crippen LogP contribution >= 0.6 is 0 Å². The molecular weight excluding hydrogens is 525 g/mol. The number of hydrogen-bond acceptors (Lipinski definition) is 7. The van der Waals surface area contributed by atoms with Gasteiger partial charge in [0.1, 0.15) is 11.4 Å². The summed E-state index contributed by atoms with van der Waals surface area (Å²) in [5, 5.41) is 2.97. The number of halogens is 1. The third kappa shape index (κ3) is 6.43. The maximum Gasteiger partial charge on any atom is 0.410 e. The van der Waals surface area contributed by atoms with E-state index in [0.717, 1.165) is 29.9 Å². The van der Waals surface area contributed by atoms with Crippen molar-refractivity contribution in [3.05, 3.63) is 65.6 Å². The lowest BCUT2D eigenvalue weighted by molar-refractivity contribution is 0.0279. The van der Waals surface area contributed by atoms with Gasteiger partial charge in [0.05, 0.1) is 19.3 Å². The van der Waals surface area contributed by atoms with Crippen molar-refractivity contribution < 1.29 is 23.5 Å². The highest BCUT2D eigenvalue weighted by atomic mass is 19.1. The lowest BCUT2D eigenvalue weighted by Gasteiger charge is -2.31. The van der Waals surface area contributed by atoms with Crippen LogP contribution in [0.5, 0.6) is 0 Å². The van der Waals surface area contributed by atoms with Gasteiger partial charge in [-0.05, 0) is 68.1 Å². The summed E-state index contributed by atoms with van der Waals surface area (Å²) in [5.74, 6) is -0.794. The molecule has 2 amide bonds. The number of rotatable bonds is 5. The van der Waals surface area contributed by atoms with Gasteiger partial charge >= 0.3 is 6.09 Å². The normalized spacial score (nSPS) is 17.0. The number of likely N-dealkylation sites (N-methyl/N-ethyl adjacent to an activating group) is 1. The Balaban J connectivity index is 1.38. The molecule has 41 heavy (non-hydrogen) atoms. The predicted octanol–water partition coefficient (Wildman–Crippen LogP) is 4.49. The molecule has 10 heteroatoms. The minimum Gasteiger partial charge on any atom is -0.444 e. The highest BCUT2D eigenvalue weighted by Crippen LogP contribution is 2.34. The maximum absolute atomic E-state index is 15.0.